The number of rotatable bonds is 14. The van der Waals surface area contributed by atoms with Gasteiger partial charge in [-0.05, 0) is 105 Å². The lowest BCUT2D eigenvalue weighted by atomic mass is 10.0. The number of thiocarbonyl (C=S) groups is 1. The molecule has 2 saturated heterocycles. The van der Waals surface area contributed by atoms with Gasteiger partial charge in [-0.15, -0.1) is 0 Å². The Hall–Kier alpha value is -3.57. The molecule has 236 valence electrons. The number of nitrogens with zero attached hydrogens (tertiary/aromatic N) is 2. The van der Waals surface area contributed by atoms with Gasteiger partial charge in [0.25, 0.3) is 5.91 Å². The van der Waals surface area contributed by atoms with Gasteiger partial charge in [0.15, 0.2) is 0 Å². The first-order valence-corrected chi connectivity index (χ1v) is 16.6. The molecule has 2 heterocycles. The minimum absolute atomic E-state index is 0.159. The first-order chi connectivity index (χ1) is 21.8. The van der Waals surface area contributed by atoms with E-state index in [-0.39, 0.29) is 11.5 Å². The van der Waals surface area contributed by atoms with Crippen LogP contribution in [0.3, 0.4) is 0 Å². The summed E-state index contributed by atoms with van der Waals surface area (Å²) in [5.41, 5.74) is 2.84. The van der Waals surface area contributed by atoms with Crippen molar-refractivity contribution in [1.29, 1.82) is 0 Å². The average molecular weight is 667 g/mol. The largest absolute Gasteiger partial charge is 0.494 e. The number of ether oxygens (including phenoxy) is 3. The minimum Gasteiger partial charge on any atom is -0.494 e. The molecular weight excluding hydrogens is 632 g/mol. The topological polar surface area (TPSA) is 88.5 Å². The van der Waals surface area contributed by atoms with Crippen LogP contribution in [-0.4, -0.2) is 77.1 Å². The molecule has 45 heavy (non-hydrogen) atoms. The maximum absolute atomic E-state index is 13.5. The molecule has 0 aromatic heterocycles. The number of halogens is 1. The molecule has 0 saturated carbocycles. The number of aromatic carboxylic acids is 1. The number of likely N-dealkylation sites (tertiary alicyclic amines) is 1. The summed E-state index contributed by atoms with van der Waals surface area (Å²) in [4.78, 5) is 29.0. The third-order valence-electron chi connectivity index (χ3n) is 7.49. The van der Waals surface area contributed by atoms with Gasteiger partial charge in [-0.3, -0.25) is 14.6 Å². The number of thioether (sulfide) groups is 1. The molecule has 0 radical (unpaired) electrons. The summed E-state index contributed by atoms with van der Waals surface area (Å²) < 4.78 is 18.1. The molecular formula is C34H35ClN2O6S2. The van der Waals surface area contributed by atoms with Crippen molar-refractivity contribution in [3.05, 3.63) is 81.7 Å². The molecule has 0 bridgehead atoms. The van der Waals surface area contributed by atoms with Crippen LogP contribution in [0.1, 0.15) is 42.1 Å². The number of carboxylic acids is 1. The smallest absolute Gasteiger partial charge is 0.335 e. The zero-order chi connectivity index (χ0) is 31.8. The van der Waals surface area contributed by atoms with Gasteiger partial charge in [0.2, 0.25) is 0 Å². The number of carboxylic acid groups (broad SMARTS) is 1. The van der Waals surface area contributed by atoms with Gasteiger partial charge in [-0.1, -0.05) is 47.7 Å². The van der Waals surface area contributed by atoms with E-state index >= 15 is 0 Å². The van der Waals surface area contributed by atoms with Gasteiger partial charge in [-0.2, -0.15) is 0 Å². The van der Waals surface area contributed by atoms with Crippen molar-refractivity contribution in [2.24, 2.45) is 0 Å². The summed E-state index contributed by atoms with van der Waals surface area (Å²) in [5, 5.41) is 9.59. The minimum atomic E-state index is -0.989. The molecule has 3 aromatic carbocycles. The fraction of sp³-hybridized carbons (Fsp3) is 0.324. The standard InChI is InChI=1S/C34H35ClN2O6S2/c1-2-41-30-13-9-25(21-28(30)35)24-8-12-29(43-19-17-36-14-3-4-15-36)26(20-24)22-31-32(38)37(34(44)45-31)16-5-18-42-27-10-6-23(7-11-27)33(39)40/h6-13,20-22H,2-5,14-19H2,1H3,(H,39,40)/b31-22-. The fourth-order valence-electron chi connectivity index (χ4n) is 5.16. The number of carbonyl (C=O) groups excluding carboxylic acids is 1. The molecule has 1 amide bonds. The van der Waals surface area contributed by atoms with Gasteiger partial charge < -0.3 is 19.3 Å². The van der Waals surface area contributed by atoms with Crippen LogP contribution in [-0.2, 0) is 4.79 Å². The Labute approximate surface area is 277 Å². The van der Waals surface area contributed by atoms with Gasteiger partial charge in [-0.25, -0.2) is 4.79 Å². The number of hydrogen-bond donors (Lipinski definition) is 1. The molecule has 0 atom stereocenters. The maximum Gasteiger partial charge on any atom is 0.335 e. The van der Waals surface area contributed by atoms with Crippen LogP contribution in [0.5, 0.6) is 17.2 Å². The monoisotopic (exact) mass is 666 g/mol. The van der Waals surface area contributed by atoms with E-state index < -0.39 is 5.97 Å². The van der Waals surface area contributed by atoms with Crippen LogP contribution >= 0.6 is 35.6 Å². The zero-order valence-electron chi connectivity index (χ0n) is 25.0. The van der Waals surface area contributed by atoms with Crippen molar-refractivity contribution in [3.63, 3.8) is 0 Å². The molecule has 2 fully saturated rings. The lowest BCUT2D eigenvalue weighted by Crippen LogP contribution is -2.29. The predicted molar refractivity (Wildman–Crippen MR) is 183 cm³/mol. The molecule has 3 aromatic rings. The van der Waals surface area contributed by atoms with Crippen molar-refractivity contribution in [1.82, 2.24) is 9.80 Å². The number of carbonyl (C=O) groups is 2. The van der Waals surface area contributed by atoms with E-state index in [0.29, 0.717) is 64.3 Å². The van der Waals surface area contributed by atoms with E-state index in [2.05, 4.69) is 4.90 Å². The van der Waals surface area contributed by atoms with Crippen LogP contribution in [0.15, 0.2) is 65.6 Å². The van der Waals surface area contributed by atoms with E-state index in [1.807, 2.05) is 49.4 Å². The molecule has 2 aliphatic rings. The Morgan fingerprint density at radius 2 is 1.67 bits per heavy atom. The Bertz CT molecular complexity index is 1570. The molecule has 1 N–H and O–H groups in total. The first kappa shape index (κ1) is 32.8. The molecule has 0 unspecified atom stereocenters. The summed E-state index contributed by atoms with van der Waals surface area (Å²) in [6, 6.07) is 17.9. The van der Waals surface area contributed by atoms with Crippen molar-refractivity contribution >= 4 is 57.9 Å². The summed E-state index contributed by atoms with van der Waals surface area (Å²) in [6.07, 6.45) is 4.85. The summed E-state index contributed by atoms with van der Waals surface area (Å²) in [6.45, 7) is 6.79. The van der Waals surface area contributed by atoms with Crippen LogP contribution in [0.25, 0.3) is 17.2 Å². The van der Waals surface area contributed by atoms with Crippen molar-refractivity contribution in [2.45, 2.75) is 26.2 Å². The second-order valence-electron chi connectivity index (χ2n) is 10.6. The molecule has 5 rings (SSSR count). The van der Waals surface area contributed by atoms with Crippen LogP contribution in [0.2, 0.25) is 5.02 Å². The van der Waals surface area contributed by atoms with Gasteiger partial charge in [0, 0.05) is 18.7 Å². The third kappa shape index (κ3) is 8.58. The fourth-order valence-corrected chi connectivity index (χ4v) is 6.69. The van der Waals surface area contributed by atoms with Gasteiger partial charge in [0.1, 0.15) is 28.2 Å². The van der Waals surface area contributed by atoms with Gasteiger partial charge >= 0.3 is 5.97 Å². The predicted octanol–water partition coefficient (Wildman–Crippen LogP) is 7.25. The van der Waals surface area contributed by atoms with Crippen molar-refractivity contribution in [2.75, 3.05) is 46.0 Å². The van der Waals surface area contributed by atoms with Crippen LogP contribution < -0.4 is 14.2 Å². The zero-order valence-corrected chi connectivity index (χ0v) is 27.4. The van der Waals surface area contributed by atoms with Crippen LogP contribution in [0.4, 0.5) is 0 Å². The highest BCUT2D eigenvalue weighted by Crippen LogP contribution is 2.37. The van der Waals surface area contributed by atoms with Gasteiger partial charge in [0.05, 0.1) is 28.7 Å². The second kappa shape index (κ2) is 15.6. The quantitative estimate of drug-likeness (QED) is 0.109. The van der Waals surface area contributed by atoms with Crippen molar-refractivity contribution in [3.8, 4) is 28.4 Å². The normalized spacial score (nSPS) is 16.0. The van der Waals surface area contributed by atoms with E-state index in [4.69, 9.17) is 43.1 Å². The second-order valence-corrected chi connectivity index (χ2v) is 12.7. The number of amides is 1. The highest BCUT2D eigenvalue weighted by Gasteiger charge is 2.32. The molecule has 0 spiro atoms. The molecule has 2 aliphatic heterocycles. The Kier molecular flexibility index (Phi) is 11.4. The lowest BCUT2D eigenvalue weighted by molar-refractivity contribution is -0.122. The molecule has 11 heteroatoms. The SMILES string of the molecule is CCOc1ccc(-c2ccc(OCCN3CCCC3)c(/C=C3\SC(=S)N(CCCOc4ccc(C(=O)O)cc4)C3=O)c2)cc1Cl. The van der Waals surface area contributed by atoms with E-state index in [9.17, 15) is 9.59 Å². The first-order valence-electron chi connectivity index (χ1n) is 15.0. The number of hydrogen-bond acceptors (Lipinski definition) is 8. The highest BCUT2D eigenvalue weighted by atomic mass is 35.5. The van der Waals surface area contributed by atoms with Crippen LogP contribution in [0, 0.1) is 0 Å². The van der Waals surface area contributed by atoms with E-state index in [1.54, 1.807) is 17.0 Å². The number of benzene rings is 3. The lowest BCUT2D eigenvalue weighted by Gasteiger charge is -2.17. The summed E-state index contributed by atoms with van der Waals surface area (Å²) in [5.74, 6) is 0.749. The van der Waals surface area contributed by atoms with Crippen molar-refractivity contribution < 1.29 is 28.9 Å². The summed E-state index contributed by atoms with van der Waals surface area (Å²) in [7, 11) is 0. The maximum atomic E-state index is 13.5. The Morgan fingerprint density at radius 3 is 2.36 bits per heavy atom. The highest BCUT2D eigenvalue weighted by molar-refractivity contribution is 8.26. The van der Waals surface area contributed by atoms with E-state index in [1.165, 1.54) is 36.7 Å². The Balaban J connectivity index is 1.29. The van der Waals surface area contributed by atoms with E-state index in [0.717, 1.165) is 36.3 Å². The molecule has 8 nitrogen and oxygen atoms in total. The third-order valence-corrected chi connectivity index (χ3v) is 9.17. The molecule has 0 aliphatic carbocycles. The Morgan fingerprint density at radius 1 is 0.956 bits per heavy atom. The summed E-state index contributed by atoms with van der Waals surface area (Å²) >= 11 is 13.3. The average Bonchev–Trinajstić information content (AvgIpc) is 3.64.